The molecule has 0 spiro atoms. The van der Waals surface area contributed by atoms with Gasteiger partial charge >= 0.3 is 0 Å². The zero-order valence-corrected chi connectivity index (χ0v) is 8.69. The molecule has 0 saturated heterocycles. The fourth-order valence-electron chi connectivity index (χ4n) is 1.58. The second-order valence-electron chi connectivity index (χ2n) is 3.57. The van der Waals surface area contributed by atoms with Crippen LogP contribution in [0.2, 0.25) is 0 Å². The number of rotatable bonds is 4. The van der Waals surface area contributed by atoms with Gasteiger partial charge < -0.3 is 15.9 Å². The van der Waals surface area contributed by atoms with Crippen LogP contribution in [-0.4, -0.2) is 37.5 Å². The first kappa shape index (κ1) is 11.0. The van der Waals surface area contributed by atoms with E-state index in [4.69, 9.17) is 5.73 Å². The molecule has 86 valence electrons. The van der Waals surface area contributed by atoms with Crippen LogP contribution in [0.3, 0.4) is 0 Å². The summed E-state index contributed by atoms with van der Waals surface area (Å²) >= 11 is 0. The van der Waals surface area contributed by atoms with E-state index < -0.39 is 12.2 Å². The summed E-state index contributed by atoms with van der Waals surface area (Å²) in [6.45, 7) is 0.322. The van der Waals surface area contributed by atoms with Gasteiger partial charge in [-0.05, 0) is 25.1 Å². The molecule has 2 heterocycles. The Labute approximate surface area is 92.3 Å². The van der Waals surface area contributed by atoms with E-state index in [1.54, 1.807) is 18.3 Å². The van der Waals surface area contributed by atoms with Crippen LogP contribution >= 0.6 is 0 Å². The molecule has 2 unspecified atom stereocenters. The Kier molecular flexibility index (Phi) is 3.14. The van der Waals surface area contributed by atoms with Crippen LogP contribution in [0.25, 0.3) is 5.65 Å². The monoisotopic (exact) mass is 222 g/mol. The molecule has 16 heavy (non-hydrogen) atoms. The van der Waals surface area contributed by atoms with E-state index in [-0.39, 0.29) is 0 Å². The maximum absolute atomic E-state index is 9.90. The van der Waals surface area contributed by atoms with Crippen molar-refractivity contribution in [3.63, 3.8) is 0 Å². The number of imidazole rings is 1. The summed E-state index contributed by atoms with van der Waals surface area (Å²) < 4.78 is 1.50. The molecule has 6 nitrogen and oxygen atoms in total. The van der Waals surface area contributed by atoms with Crippen LogP contribution in [0.5, 0.6) is 0 Å². The number of aromatic nitrogens is 3. The summed E-state index contributed by atoms with van der Waals surface area (Å²) in [6.07, 6.45) is 1.52. The molecule has 6 heteroatoms. The topological polar surface area (TPSA) is 96.7 Å². The van der Waals surface area contributed by atoms with Gasteiger partial charge in [0.05, 0.1) is 18.0 Å². The van der Waals surface area contributed by atoms with E-state index >= 15 is 0 Å². The molecule has 0 aliphatic rings. The highest BCUT2D eigenvalue weighted by atomic mass is 16.3. The number of hydrogen-bond acceptors (Lipinski definition) is 5. The van der Waals surface area contributed by atoms with Crippen molar-refractivity contribution in [3.05, 3.63) is 30.2 Å². The van der Waals surface area contributed by atoms with Gasteiger partial charge in [-0.25, -0.2) is 9.50 Å². The van der Waals surface area contributed by atoms with Crippen LogP contribution in [0.4, 0.5) is 0 Å². The molecule has 0 saturated carbocycles. The summed E-state index contributed by atoms with van der Waals surface area (Å²) in [5.41, 5.74) is 6.43. The second-order valence-corrected chi connectivity index (χ2v) is 3.57. The highest BCUT2D eigenvalue weighted by Gasteiger charge is 2.21. The number of fused-ring (bicyclic) bond motifs is 1. The molecule has 0 aliphatic heterocycles. The fourth-order valence-corrected chi connectivity index (χ4v) is 1.58. The van der Waals surface area contributed by atoms with Gasteiger partial charge in [0.15, 0.2) is 5.65 Å². The van der Waals surface area contributed by atoms with Gasteiger partial charge in [0.25, 0.3) is 0 Å². The highest BCUT2D eigenvalue weighted by molar-refractivity contribution is 5.38. The van der Waals surface area contributed by atoms with Crippen LogP contribution in [0.15, 0.2) is 24.5 Å². The van der Waals surface area contributed by atoms with Crippen molar-refractivity contribution in [1.82, 2.24) is 14.6 Å². The summed E-state index contributed by atoms with van der Waals surface area (Å²) in [5, 5.41) is 23.6. The van der Waals surface area contributed by atoms with Gasteiger partial charge in [0, 0.05) is 6.20 Å². The van der Waals surface area contributed by atoms with Crippen molar-refractivity contribution in [3.8, 4) is 0 Å². The highest BCUT2D eigenvalue weighted by Crippen LogP contribution is 2.18. The Morgan fingerprint density at radius 1 is 1.44 bits per heavy atom. The summed E-state index contributed by atoms with van der Waals surface area (Å²) in [7, 11) is 0. The SMILES string of the molecule is NCCC(O)C(O)c1cnc2cccnn12. The van der Waals surface area contributed by atoms with Crippen molar-refractivity contribution >= 4 is 5.65 Å². The molecule has 0 aromatic carbocycles. The first-order valence-electron chi connectivity index (χ1n) is 5.09. The molecule has 4 N–H and O–H groups in total. The first-order valence-corrected chi connectivity index (χ1v) is 5.09. The van der Waals surface area contributed by atoms with Gasteiger partial charge in [0.2, 0.25) is 0 Å². The van der Waals surface area contributed by atoms with Crippen molar-refractivity contribution in [2.45, 2.75) is 18.6 Å². The van der Waals surface area contributed by atoms with Crippen molar-refractivity contribution in [1.29, 1.82) is 0 Å². The normalized spacial score (nSPS) is 15.2. The third kappa shape index (κ3) is 1.90. The van der Waals surface area contributed by atoms with Crippen LogP contribution < -0.4 is 5.73 Å². The molecular weight excluding hydrogens is 208 g/mol. The Bertz CT molecular complexity index is 471. The Hall–Kier alpha value is -1.50. The second kappa shape index (κ2) is 4.56. The molecule has 2 rings (SSSR count). The van der Waals surface area contributed by atoms with E-state index in [9.17, 15) is 10.2 Å². The van der Waals surface area contributed by atoms with Gasteiger partial charge in [-0.3, -0.25) is 0 Å². The maximum Gasteiger partial charge on any atom is 0.153 e. The predicted octanol–water partition coefficient (Wildman–Crippen LogP) is -0.528. The molecule has 2 aromatic rings. The quantitative estimate of drug-likeness (QED) is 0.646. The number of aliphatic hydroxyl groups excluding tert-OH is 2. The molecule has 0 bridgehead atoms. The molecule has 0 aliphatic carbocycles. The van der Waals surface area contributed by atoms with Crippen LogP contribution in [0.1, 0.15) is 18.2 Å². The van der Waals surface area contributed by atoms with E-state index in [1.165, 1.54) is 10.7 Å². The predicted molar refractivity (Wildman–Crippen MR) is 57.6 cm³/mol. The smallest absolute Gasteiger partial charge is 0.153 e. The van der Waals surface area contributed by atoms with Crippen LogP contribution in [0, 0.1) is 0 Å². The van der Waals surface area contributed by atoms with Crippen molar-refractivity contribution < 1.29 is 10.2 Å². The van der Waals surface area contributed by atoms with Gasteiger partial charge in [-0.2, -0.15) is 5.10 Å². The Balaban J connectivity index is 2.32. The number of aliphatic hydroxyl groups is 2. The number of hydrogen-bond donors (Lipinski definition) is 3. The average molecular weight is 222 g/mol. The molecule has 0 radical (unpaired) electrons. The third-order valence-corrected chi connectivity index (χ3v) is 2.43. The van der Waals surface area contributed by atoms with Gasteiger partial charge in [-0.15, -0.1) is 0 Å². The summed E-state index contributed by atoms with van der Waals surface area (Å²) in [5.74, 6) is 0. The van der Waals surface area contributed by atoms with Crippen molar-refractivity contribution in [2.75, 3.05) is 6.54 Å². The minimum absolute atomic E-state index is 0.322. The lowest BCUT2D eigenvalue weighted by molar-refractivity contribution is 0.0114. The maximum atomic E-state index is 9.90. The lowest BCUT2D eigenvalue weighted by atomic mass is 10.1. The van der Waals surface area contributed by atoms with Crippen molar-refractivity contribution in [2.24, 2.45) is 5.73 Å². The average Bonchev–Trinajstić information content (AvgIpc) is 2.72. The van der Waals surface area contributed by atoms with Gasteiger partial charge in [0.1, 0.15) is 6.10 Å². The minimum Gasteiger partial charge on any atom is -0.390 e. The number of nitrogens with zero attached hydrogens (tertiary/aromatic N) is 3. The first-order chi connectivity index (χ1) is 7.74. The third-order valence-electron chi connectivity index (χ3n) is 2.43. The van der Waals surface area contributed by atoms with E-state index in [1.807, 2.05) is 0 Å². The fraction of sp³-hybridized carbons (Fsp3) is 0.400. The largest absolute Gasteiger partial charge is 0.390 e. The van der Waals surface area contributed by atoms with Gasteiger partial charge in [-0.1, -0.05) is 0 Å². The lowest BCUT2D eigenvalue weighted by Gasteiger charge is -2.15. The zero-order chi connectivity index (χ0) is 11.5. The molecule has 2 aromatic heterocycles. The summed E-state index contributed by atoms with van der Waals surface area (Å²) in [4.78, 5) is 4.08. The Morgan fingerprint density at radius 3 is 3.00 bits per heavy atom. The Morgan fingerprint density at radius 2 is 2.25 bits per heavy atom. The van der Waals surface area contributed by atoms with E-state index in [0.717, 1.165) is 0 Å². The van der Waals surface area contributed by atoms with E-state index in [2.05, 4.69) is 10.1 Å². The number of nitrogens with two attached hydrogens (primary N) is 1. The lowest BCUT2D eigenvalue weighted by Crippen LogP contribution is -2.23. The zero-order valence-electron chi connectivity index (χ0n) is 8.69. The standard InChI is InChI=1S/C10H14N4O2/c11-4-3-8(15)10(16)7-6-12-9-2-1-5-13-14(7)9/h1-2,5-6,8,10,15-16H,3-4,11H2. The van der Waals surface area contributed by atoms with E-state index in [0.29, 0.717) is 24.3 Å². The van der Waals surface area contributed by atoms with Crippen LogP contribution in [-0.2, 0) is 0 Å². The molecular formula is C10H14N4O2. The molecule has 0 amide bonds. The minimum atomic E-state index is -1.02. The summed E-state index contributed by atoms with van der Waals surface area (Å²) in [6, 6.07) is 3.54. The molecule has 0 fully saturated rings. The molecule has 2 atom stereocenters.